The molecule has 0 saturated carbocycles. The highest BCUT2D eigenvalue weighted by atomic mass is 19.1. The van der Waals surface area contributed by atoms with E-state index in [4.69, 9.17) is 10.5 Å². The third kappa shape index (κ3) is 6.05. The van der Waals surface area contributed by atoms with E-state index in [1.54, 1.807) is 18.2 Å². The van der Waals surface area contributed by atoms with Crippen molar-refractivity contribution in [2.75, 3.05) is 37.9 Å². The molecular formula is C27H31F2N5O6. The first-order valence-electron chi connectivity index (χ1n) is 12.8. The van der Waals surface area contributed by atoms with Gasteiger partial charge in [-0.05, 0) is 54.2 Å². The molecule has 1 fully saturated rings. The third-order valence-electron chi connectivity index (χ3n) is 7.37. The molecule has 2 aliphatic heterocycles. The standard InChI is InChI=1S/C27H31F2N5O6/c1-33(27(38)39)18(14-35)12-31-22(15-7-9-40-10-8-15)26(37)34-13-16-5-6-17(30)11-19(16)24(34)25(36)32-23-20(28)3-2-4-21(23)29/h2-6,11,14-15,18,22,24,31H,7-10,12-13,30H2,1H3,(H,32,36)(H,38,39)/t18-,22-,24-/m0/s1. The molecule has 3 atom stereocenters. The fourth-order valence-electron chi connectivity index (χ4n) is 5.10. The summed E-state index contributed by atoms with van der Waals surface area (Å²) in [5.41, 5.74) is 6.74. The van der Waals surface area contributed by atoms with Crippen molar-refractivity contribution in [3.8, 4) is 0 Å². The average molecular weight is 560 g/mol. The minimum Gasteiger partial charge on any atom is -0.465 e. The van der Waals surface area contributed by atoms with Crippen LogP contribution in [-0.4, -0.2) is 78.0 Å². The van der Waals surface area contributed by atoms with Gasteiger partial charge in [-0.1, -0.05) is 12.1 Å². The summed E-state index contributed by atoms with van der Waals surface area (Å²) in [6, 6.07) is 4.82. The lowest BCUT2D eigenvalue weighted by atomic mass is 9.90. The number of nitrogens with zero attached hydrogens (tertiary/aromatic N) is 2. The van der Waals surface area contributed by atoms with Crippen molar-refractivity contribution in [1.82, 2.24) is 15.1 Å². The zero-order valence-corrected chi connectivity index (χ0v) is 21.8. The van der Waals surface area contributed by atoms with Gasteiger partial charge in [0.1, 0.15) is 35.7 Å². The summed E-state index contributed by atoms with van der Waals surface area (Å²) >= 11 is 0. The topological polar surface area (TPSA) is 154 Å². The number of rotatable bonds is 9. The number of aldehydes is 1. The van der Waals surface area contributed by atoms with E-state index in [9.17, 15) is 33.1 Å². The predicted octanol–water partition coefficient (Wildman–Crippen LogP) is 2.13. The Balaban J connectivity index is 1.66. The summed E-state index contributed by atoms with van der Waals surface area (Å²) in [6.07, 6.45) is 0.183. The van der Waals surface area contributed by atoms with Gasteiger partial charge < -0.3 is 40.8 Å². The Morgan fingerprint density at radius 1 is 1.20 bits per heavy atom. The molecule has 0 radical (unpaired) electrons. The molecule has 40 heavy (non-hydrogen) atoms. The number of hydrogen-bond donors (Lipinski definition) is 4. The summed E-state index contributed by atoms with van der Waals surface area (Å²) < 4.78 is 34.2. The van der Waals surface area contributed by atoms with Gasteiger partial charge in [0, 0.05) is 39.0 Å². The zero-order chi connectivity index (χ0) is 29.0. The van der Waals surface area contributed by atoms with Crippen LogP contribution in [0.3, 0.4) is 0 Å². The molecule has 1 saturated heterocycles. The normalized spacial score (nSPS) is 18.5. The van der Waals surface area contributed by atoms with Crippen LogP contribution < -0.4 is 16.4 Å². The number of fused-ring (bicyclic) bond motifs is 1. The van der Waals surface area contributed by atoms with Crippen LogP contribution in [0.4, 0.5) is 25.0 Å². The molecule has 11 nitrogen and oxygen atoms in total. The van der Waals surface area contributed by atoms with E-state index in [2.05, 4.69) is 10.6 Å². The molecule has 5 N–H and O–H groups in total. The number of amides is 3. The second-order valence-electron chi connectivity index (χ2n) is 9.85. The number of benzene rings is 2. The molecule has 2 aromatic carbocycles. The number of nitrogen functional groups attached to an aromatic ring is 1. The fraction of sp³-hybridized carbons (Fsp3) is 0.407. The molecule has 2 heterocycles. The third-order valence-corrected chi connectivity index (χ3v) is 7.37. The first-order chi connectivity index (χ1) is 19.1. The minimum atomic E-state index is -1.31. The van der Waals surface area contributed by atoms with Crippen molar-refractivity contribution in [3.63, 3.8) is 0 Å². The van der Waals surface area contributed by atoms with Crippen molar-refractivity contribution in [1.29, 1.82) is 0 Å². The molecular weight excluding hydrogens is 528 g/mol. The molecule has 4 rings (SSSR count). The summed E-state index contributed by atoms with van der Waals surface area (Å²) in [4.78, 5) is 52.9. The van der Waals surface area contributed by atoms with Crippen LogP contribution in [0.25, 0.3) is 0 Å². The maximum Gasteiger partial charge on any atom is 0.407 e. The first kappa shape index (κ1) is 28.9. The monoisotopic (exact) mass is 559 g/mol. The number of carbonyl (C=O) groups is 4. The number of ether oxygens (including phenoxy) is 1. The molecule has 13 heteroatoms. The lowest BCUT2D eigenvalue weighted by molar-refractivity contribution is -0.142. The number of halogens is 2. The molecule has 0 aliphatic carbocycles. The molecule has 0 unspecified atom stereocenters. The molecule has 0 bridgehead atoms. The minimum absolute atomic E-state index is 0.0276. The number of carboxylic acid groups (broad SMARTS) is 1. The van der Waals surface area contributed by atoms with E-state index in [-0.39, 0.29) is 19.0 Å². The van der Waals surface area contributed by atoms with Gasteiger partial charge in [0.25, 0.3) is 5.91 Å². The van der Waals surface area contributed by atoms with Gasteiger partial charge in [0.05, 0.1) is 6.04 Å². The van der Waals surface area contributed by atoms with Crippen LogP contribution in [0.5, 0.6) is 0 Å². The molecule has 2 aromatic rings. The van der Waals surface area contributed by atoms with Crippen molar-refractivity contribution in [2.45, 2.75) is 37.5 Å². The quantitative estimate of drug-likeness (QED) is 0.269. The Morgan fingerprint density at radius 2 is 1.88 bits per heavy atom. The second-order valence-corrected chi connectivity index (χ2v) is 9.85. The van der Waals surface area contributed by atoms with E-state index in [1.165, 1.54) is 18.0 Å². The second kappa shape index (κ2) is 12.4. The maximum absolute atomic E-state index is 14.4. The molecule has 3 amide bonds. The molecule has 214 valence electrons. The van der Waals surface area contributed by atoms with Gasteiger partial charge in [-0.2, -0.15) is 0 Å². The summed E-state index contributed by atoms with van der Waals surface area (Å²) in [7, 11) is 1.25. The van der Waals surface area contributed by atoms with E-state index >= 15 is 0 Å². The Hall–Kier alpha value is -4.10. The van der Waals surface area contributed by atoms with Gasteiger partial charge in [-0.25, -0.2) is 13.6 Å². The van der Waals surface area contributed by atoms with Crippen molar-refractivity contribution in [2.24, 2.45) is 5.92 Å². The Bertz CT molecular complexity index is 1270. The molecule has 2 aliphatic rings. The van der Waals surface area contributed by atoms with Crippen LogP contribution in [0.15, 0.2) is 36.4 Å². The van der Waals surface area contributed by atoms with Gasteiger partial charge in [0.2, 0.25) is 5.91 Å². The summed E-state index contributed by atoms with van der Waals surface area (Å²) in [5, 5.41) is 14.6. The van der Waals surface area contributed by atoms with Crippen LogP contribution in [-0.2, 0) is 25.7 Å². The number of carbonyl (C=O) groups excluding carboxylic acids is 3. The SMILES string of the molecule is CN(C(=O)O)[C@H](C=O)CN[C@H](C(=O)N1Cc2ccc(N)cc2[C@H]1C(=O)Nc1c(F)cccc1F)C1CCOCC1. The molecule has 0 aromatic heterocycles. The van der Waals surface area contributed by atoms with Gasteiger partial charge in [-0.3, -0.25) is 9.59 Å². The van der Waals surface area contributed by atoms with Crippen molar-refractivity contribution in [3.05, 3.63) is 59.2 Å². The number of likely N-dealkylation sites (N-methyl/N-ethyl adjacent to an activating group) is 1. The fourth-order valence-corrected chi connectivity index (χ4v) is 5.10. The van der Waals surface area contributed by atoms with E-state index < -0.39 is 53.4 Å². The first-order valence-corrected chi connectivity index (χ1v) is 12.8. The maximum atomic E-state index is 14.4. The summed E-state index contributed by atoms with van der Waals surface area (Å²) in [5.74, 6) is -3.50. The van der Waals surface area contributed by atoms with Crippen molar-refractivity contribution < 1.29 is 37.8 Å². The highest BCUT2D eigenvalue weighted by Crippen LogP contribution is 2.38. The Kier molecular flexibility index (Phi) is 8.95. The smallest absolute Gasteiger partial charge is 0.407 e. The van der Waals surface area contributed by atoms with Crippen LogP contribution >= 0.6 is 0 Å². The van der Waals surface area contributed by atoms with Crippen molar-refractivity contribution >= 4 is 35.6 Å². The number of nitrogens with two attached hydrogens (primary N) is 1. The van der Waals surface area contributed by atoms with E-state index in [0.717, 1.165) is 17.0 Å². The van der Waals surface area contributed by atoms with Crippen LogP contribution in [0.2, 0.25) is 0 Å². The van der Waals surface area contributed by atoms with Crippen LogP contribution in [0, 0.1) is 17.6 Å². The van der Waals surface area contributed by atoms with E-state index in [0.29, 0.717) is 49.2 Å². The lowest BCUT2D eigenvalue weighted by Crippen LogP contribution is -2.55. The lowest BCUT2D eigenvalue weighted by Gasteiger charge is -2.35. The highest BCUT2D eigenvalue weighted by Gasteiger charge is 2.43. The number of nitrogens with one attached hydrogen (secondary N) is 2. The molecule has 0 spiro atoms. The average Bonchev–Trinajstić information content (AvgIpc) is 3.32. The largest absolute Gasteiger partial charge is 0.465 e. The number of para-hydroxylation sites is 1. The van der Waals surface area contributed by atoms with Gasteiger partial charge in [-0.15, -0.1) is 0 Å². The highest BCUT2D eigenvalue weighted by molar-refractivity contribution is 6.00. The van der Waals surface area contributed by atoms with E-state index in [1.807, 2.05) is 0 Å². The van der Waals surface area contributed by atoms with Crippen LogP contribution in [0.1, 0.15) is 30.0 Å². The number of anilines is 2. The summed E-state index contributed by atoms with van der Waals surface area (Å²) in [6.45, 7) is 0.677. The van der Waals surface area contributed by atoms with Gasteiger partial charge >= 0.3 is 6.09 Å². The Morgan fingerprint density at radius 3 is 2.50 bits per heavy atom. The predicted molar refractivity (Wildman–Crippen MR) is 140 cm³/mol. The Labute approximate surface area is 229 Å². The zero-order valence-electron chi connectivity index (χ0n) is 21.8. The number of hydrogen-bond acceptors (Lipinski definition) is 7. The van der Waals surface area contributed by atoms with Gasteiger partial charge in [0.15, 0.2) is 0 Å².